The van der Waals surface area contributed by atoms with Crippen LogP contribution in [0.5, 0.6) is 0 Å². The Labute approximate surface area is 100 Å². The fourth-order valence-corrected chi connectivity index (χ4v) is 3.01. The van der Waals surface area contributed by atoms with Gasteiger partial charge in [-0.3, -0.25) is 4.90 Å². The third kappa shape index (κ3) is 2.49. The number of likely N-dealkylation sites (tertiary alicyclic amines) is 1. The lowest BCUT2D eigenvalue weighted by molar-refractivity contribution is 0.0886. The van der Waals surface area contributed by atoms with Gasteiger partial charge in [-0.05, 0) is 37.7 Å². The van der Waals surface area contributed by atoms with Crippen LogP contribution in [-0.4, -0.2) is 37.1 Å². The molecule has 2 heterocycles. The molecule has 2 saturated heterocycles. The minimum atomic E-state index is 0.750. The maximum Gasteiger partial charge on any atom is 0.0196 e. The third-order valence-corrected chi connectivity index (χ3v) is 4.44. The van der Waals surface area contributed by atoms with Gasteiger partial charge in [-0.15, -0.1) is 0 Å². The molecule has 2 heteroatoms. The van der Waals surface area contributed by atoms with Crippen molar-refractivity contribution in [1.29, 1.82) is 0 Å². The highest BCUT2D eigenvalue weighted by Crippen LogP contribution is 2.27. The maximum atomic E-state index is 3.33. The minimum Gasteiger partial charge on any atom is -0.309 e. The molecule has 0 aromatic rings. The zero-order valence-corrected chi connectivity index (χ0v) is 11.2. The van der Waals surface area contributed by atoms with Crippen LogP contribution in [0.4, 0.5) is 0 Å². The van der Waals surface area contributed by atoms with Gasteiger partial charge in [0.1, 0.15) is 0 Å². The molecular formula is C14H26N2. The van der Waals surface area contributed by atoms with Crippen LogP contribution >= 0.6 is 0 Å². The molecule has 0 aromatic heterocycles. The number of piperidine rings is 1. The van der Waals surface area contributed by atoms with Crippen LogP contribution in [0.15, 0.2) is 11.1 Å². The second-order valence-corrected chi connectivity index (χ2v) is 5.98. The summed E-state index contributed by atoms with van der Waals surface area (Å²) < 4.78 is 0. The largest absolute Gasteiger partial charge is 0.309 e. The molecule has 0 amide bonds. The van der Waals surface area contributed by atoms with Crippen LogP contribution in [0, 0.1) is 11.8 Å². The van der Waals surface area contributed by atoms with Gasteiger partial charge in [0.2, 0.25) is 0 Å². The Balaban J connectivity index is 1.97. The third-order valence-electron chi connectivity index (χ3n) is 4.44. The lowest BCUT2D eigenvalue weighted by Gasteiger charge is -2.42. The summed E-state index contributed by atoms with van der Waals surface area (Å²) in [5.41, 5.74) is 3.24. The van der Waals surface area contributed by atoms with Gasteiger partial charge in [0, 0.05) is 32.2 Å². The average Bonchev–Trinajstić information content (AvgIpc) is 2.10. The van der Waals surface area contributed by atoms with Gasteiger partial charge in [0.15, 0.2) is 0 Å². The van der Waals surface area contributed by atoms with Crippen LogP contribution in [0.3, 0.4) is 0 Å². The highest BCUT2D eigenvalue weighted by molar-refractivity contribution is 5.22. The number of hydrogen-bond acceptors (Lipinski definition) is 2. The van der Waals surface area contributed by atoms with E-state index in [0.29, 0.717) is 0 Å². The molecule has 16 heavy (non-hydrogen) atoms. The summed E-state index contributed by atoms with van der Waals surface area (Å²) in [7, 11) is 0. The molecule has 2 aliphatic heterocycles. The normalized spacial score (nSPS) is 36.0. The summed E-state index contributed by atoms with van der Waals surface area (Å²) in [5, 5.41) is 3.33. The van der Waals surface area contributed by atoms with Crippen molar-refractivity contribution in [2.24, 2.45) is 11.8 Å². The van der Waals surface area contributed by atoms with Crippen LogP contribution in [-0.2, 0) is 0 Å². The smallest absolute Gasteiger partial charge is 0.0196 e. The Hall–Kier alpha value is -0.340. The van der Waals surface area contributed by atoms with Crippen LogP contribution in [0.25, 0.3) is 0 Å². The summed E-state index contributed by atoms with van der Waals surface area (Å²) in [4.78, 5) is 2.68. The molecule has 2 fully saturated rings. The zero-order chi connectivity index (χ0) is 11.7. The molecule has 2 aliphatic rings. The Morgan fingerprint density at radius 3 is 2.56 bits per heavy atom. The van der Waals surface area contributed by atoms with Crippen molar-refractivity contribution < 1.29 is 0 Å². The first-order chi connectivity index (χ1) is 7.58. The van der Waals surface area contributed by atoms with Crippen molar-refractivity contribution in [2.45, 2.75) is 40.2 Å². The van der Waals surface area contributed by atoms with E-state index < -0.39 is 0 Å². The van der Waals surface area contributed by atoms with Gasteiger partial charge in [0.05, 0.1) is 0 Å². The number of nitrogens with zero attached hydrogens (tertiary/aromatic N) is 1. The first-order valence-corrected chi connectivity index (χ1v) is 6.70. The zero-order valence-electron chi connectivity index (χ0n) is 11.2. The molecule has 92 valence electrons. The first-order valence-electron chi connectivity index (χ1n) is 6.70. The molecule has 0 saturated carbocycles. The number of nitrogens with one attached hydrogen (secondary N) is 1. The van der Waals surface area contributed by atoms with Gasteiger partial charge in [-0.25, -0.2) is 0 Å². The van der Waals surface area contributed by atoms with E-state index in [1.165, 1.54) is 19.5 Å². The maximum absolute atomic E-state index is 3.33. The predicted molar refractivity (Wildman–Crippen MR) is 69.5 cm³/mol. The summed E-state index contributed by atoms with van der Waals surface area (Å²) >= 11 is 0. The molecule has 1 N–H and O–H groups in total. The minimum absolute atomic E-state index is 0.750. The van der Waals surface area contributed by atoms with Crippen molar-refractivity contribution in [1.82, 2.24) is 10.2 Å². The Morgan fingerprint density at radius 1 is 1.31 bits per heavy atom. The molecule has 2 nitrogen and oxygen atoms in total. The Morgan fingerprint density at radius 2 is 2.00 bits per heavy atom. The van der Waals surface area contributed by atoms with Crippen LogP contribution in [0.2, 0.25) is 0 Å². The monoisotopic (exact) mass is 222 g/mol. The average molecular weight is 222 g/mol. The molecule has 0 spiro atoms. The van der Waals surface area contributed by atoms with E-state index in [1.807, 2.05) is 0 Å². The van der Waals surface area contributed by atoms with Crippen molar-refractivity contribution in [3.05, 3.63) is 11.1 Å². The van der Waals surface area contributed by atoms with E-state index in [4.69, 9.17) is 0 Å². The van der Waals surface area contributed by atoms with E-state index in [2.05, 4.69) is 37.9 Å². The second-order valence-electron chi connectivity index (χ2n) is 5.98. The molecule has 0 aliphatic carbocycles. The van der Waals surface area contributed by atoms with Gasteiger partial charge in [0.25, 0.3) is 0 Å². The summed E-state index contributed by atoms with van der Waals surface area (Å²) in [6.45, 7) is 14.2. The lowest BCUT2D eigenvalue weighted by Crippen LogP contribution is -2.47. The first kappa shape index (κ1) is 12.1. The lowest BCUT2D eigenvalue weighted by atomic mass is 9.85. The molecule has 0 radical (unpaired) electrons. The van der Waals surface area contributed by atoms with Gasteiger partial charge in [-0.2, -0.15) is 0 Å². The van der Waals surface area contributed by atoms with Crippen LogP contribution < -0.4 is 5.32 Å². The van der Waals surface area contributed by atoms with Gasteiger partial charge in [-0.1, -0.05) is 19.4 Å². The van der Waals surface area contributed by atoms with Crippen molar-refractivity contribution in [2.75, 3.05) is 26.2 Å². The van der Waals surface area contributed by atoms with E-state index in [1.54, 1.807) is 11.1 Å². The standard InChI is InChI=1S/C14H26N2/c1-10-5-11(2)13(4)16(8-10)9-12(3)14-6-15-7-14/h10-11,13,15H,5-9H2,1-4H3. The fraction of sp³-hybridized carbons (Fsp3) is 0.857. The summed E-state index contributed by atoms with van der Waals surface area (Å²) in [6.07, 6.45) is 1.40. The van der Waals surface area contributed by atoms with E-state index >= 15 is 0 Å². The highest BCUT2D eigenvalue weighted by Gasteiger charge is 2.29. The summed E-state index contributed by atoms with van der Waals surface area (Å²) in [6, 6.07) is 0.750. The Bertz CT molecular complexity index is 276. The molecule has 0 aromatic carbocycles. The molecule has 3 unspecified atom stereocenters. The summed E-state index contributed by atoms with van der Waals surface area (Å²) in [5.74, 6) is 1.71. The predicted octanol–water partition coefficient (Wildman–Crippen LogP) is 2.27. The quantitative estimate of drug-likeness (QED) is 0.721. The molecule has 3 atom stereocenters. The number of hydrogen-bond donors (Lipinski definition) is 1. The number of rotatable bonds is 2. The second kappa shape index (κ2) is 4.89. The van der Waals surface area contributed by atoms with Crippen LogP contribution in [0.1, 0.15) is 34.1 Å². The van der Waals surface area contributed by atoms with Gasteiger partial charge >= 0.3 is 0 Å². The molecule has 2 rings (SSSR count). The van der Waals surface area contributed by atoms with Crippen molar-refractivity contribution in [3.63, 3.8) is 0 Å². The topological polar surface area (TPSA) is 15.3 Å². The Kier molecular flexibility index (Phi) is 3.70. The van der Waals surface area contributed by atoms with E-state index in [9.17, 15) is 0 Å². The van der Waals surface area contributed by atoms with Gasteiger partial charge < -0.3 is 5.32 Å². The van der Waals surface area contributed by atoms with E-state index in [-0.39, 0.29) is 0 Å². The van der Waals surface area contributed by atoms with Crippen molar-refractivity contribution in [3.8, 4) is 0 Å². The van der Waals surface area contributed by atoms with E-state index in [0.717, 1.165) is 31.0 Å². The molecular weight excluding hydrogens is 196 g/mol. The van der Waals surface area contributed by atoms with Crippen molar-refractivity contribution >= 4 is 0 Å². The fourth-order valence-electron chi connectivity index (χ4n) is 3.01. The highest BCUT2D eigenvalue weighted by atomic mass is 15.2. The molecule has 0 bridgehead atoms. The SMILES string of the molecule is CC(CN1CC(C)CC(C)C1C)=C1CNC1.